The van der Waals surface area contributed by atoms with Gasteiger partial charge in [-0.2, -0.15) is 0 Å². The van der Waals surface area contributed by atoms with E-state index < -0.39 is 0 Å². The van der Waals surface area contributed by atoms with Gasteiger partial charge in [0.25, 0.3) is 0 Å². The molecule has 0 N–H and O–H groups in total. The van der Waals surface area contributed by atoms with Gasteiger partial charge in [0.05, 0.1) is 0 Å². The third-order valence-electron chi connectivity index (χ3n) is 7.81. The van der Waals surface area contributed by atoms with E-state index in [1.165, 1.54) is 43.8 Å². The summed E-state index contributed by atoms with van der Waals surface area (Å²) < 4.78 is 0. The quantitative estimate of drug-likeness (QED) is 0.200. The SMILES string of the molecule is C=Cc1cccc(-c2c(C=C)c(C=C)c(-c3ccc(-c4ccccc4)c4ccccc34)c3ccccc23)c1C=C. The molecule has 0 radical (unpaired) electrons. The van der Waals surface area contributed by atoms with Gasteiger partial charge in [-0.25, -0.2) is 0 Å². The van der Waals surface area contributed by atoms with Crippen molar-refractivity contribution in [2.75, 3.05) is 0 Å². The second kappa shape index (κ2) is 10.5. The number of hydrogen-bond acceptors (Lipinski definition) is 0. The van der Waals surface area contributed by atoms with E-state index >= 15 is 0 Å². The second-order valence-electron chi connectivity index (χ2n) is 9.82. The first-order valence-corrected chi connectivity index (χ1v) is 13.5. The summed E-state index contributed by atoms with van der Waals surface area (Å²) in [7, 11) is 0. The molecule has 190 valence electrons. The van der Waals surface area contributed by atoms with E-state index in [0.29, 0.717) is 0 Å². The Bertz CT molecular complexity index is 1950. The summed E-state index contributed by atoms with van der Waals surface area (Å²) in [5.74, 6) is 0. The van der Waals surface area contributed by atoms with Gasteiger partial charge < -0.3 is 0 Å². The van der Waals surface area contributed by atoms with E-state index in [9.17, 15) is 0 Å². The topological polar surface area (TPSA) is 0 Å². The summed E-state index contributed by atoms with van der Waals surface area (Å²) in [4.78, 5) is 0. The summed E-state index contributed by atoms with van der Waals surface area (Å²) in [6, 6.07) is 38.8. The van der Waals surface area contributed by atoms with Gasteiger partial charge in [0.1, 0.15) is 0 Å². The minimum Gasteiger partial charge on any atom is -0.0984 e. The Kier molecular flexibility index (Phi) is 6.60. The molecular weight excluding hydrogens is 480 g/mol. The van der Waals surface area contributed by atoms with Crippen LogP contribution in [0.4, 0.5) is 0 Å². The van der Waals surface area contributed by atoms with Crippen LogP contribution in [0.15, 0.2) is 136 Å². The van der Waals surface area contributed by atoms with Crippen LogP contribution >= 0.6 is 0 Å². The Labute approximate surface area is 236 Å². The van der Waals surface area contributed by atoms with Crippen molar-refractivity contribution < 1.29 is 0 Å². The number of rotatable bonds is 7. The van der Waals surface area contributed by atoms with Crippen molar-refractivity contribution in [3.63, 3.8) is 0 Å². The van der Waals surface area contributed by atoms with Gasteiger partial charge in [-0.1, -0.05) is 160 Å². The lowest BCUT2D eigenvalue weighted by molar-refractivity contribution is 1.56. The van der Waals surface area contributed by atoms with E-state index in [1.54, 1.807) is 0 Å². The van der Waals surface area contributed by atoms with Crippen LogP contribution in [0, 0.1) is 0 Å². The Hall–Kier alpha value is -5.20. The summed E-state index contributed by atoms with van der Waals surface area (Å²) in [6.07, 6.45) is 7.76. The molecule has 0 bridgehead atoms. The molecule has 0 amide bonds. The molecule has 0 aliphatic carbocycles. The number of hydrogen-bond donors (Lipinski definition) is 0. The highest BCUT2D eigenvalue weighted by Crippen LogP contribution is 2.47. The van der Waals surface area contributed by atoms with E-state index in [0.717, 1.165) is 33.4 Å². The predicted octanol–water partition coefficient (Wildman–Crippen LogP) is 11.6. The average molecular weight is 511 g/mol. The first kappa shape index (κ1) is 25.1. The zero-order chi connectivity index (χ0) is 27.6. The number of fused-ring (bicyclic) bond motifs is 2. The number of benzene rings is 6. The highest BCUT2D eigenvalue weighted by atomic mass is 14.2. The molecule has 0 atom stereocenters. The lowest BCUT2D eigenvalue weighted by atomic mass is 9.80. The molecule has 0 fully saturated rings. The Morgan fingerprint density at radius 2 is 0.850 bits per heavy atom. The van der Waals surface area contributed by atoms with Gasteiger partial charge in [-0.15, -0.1) is 0 Å². The molecular formula is C40H30. The molecule has 40 heavy (non-hydrogen) atoms. The van der Waals surface area contributed by atoms with Gasteiger partial charge in [-0.05, 0) is 77.2 Å². The largest absolute Gasteiger partial charge is 0.0984 e. The van der Waals surface area contributed by atoms with Crippen LogP contribution < -0.4 is 0 Å². The van der Waals surface area contributed by atoms with Gasteiger partial charge in [0.2, 0.25) is 0 Å². The Morgan fingerprint density at radius 3 is 1.43 bits per heavy atom. The maximum atomic E-state index is 4.30. The van der Waals surface area contributed by atoms with Crippen LogP contribution in [0.25, 0.3) is 79.2 Å². The monoisotopic (exact) mass is 510 g/mol. The summed E-state index contributed by atoms with van der Waals surface area (Å²) in [6.45, 7) is 16.8. The Morgan fingerprint density at radius 1 is 0.350 bits per heavy atom. The molecule has 0 saturated carbocycles. The van der Waals surface area contributed by atoms with Crippen LogP contribution in [0.5, 0.6) is 0 Å². The van der Waals surface area contributed by atoms with Crippen molar-refractivity contribution in [3.05, 3.63) is 158 Å². The molecule has 0 aliphatic rings. The molecule has 0 heterocycles. The Balaban J connectivity index is 1.76. The lowest BCUT2D eigenvalue weighted by Crippen LogP contribution is -1.98. The van der Waals surface area contributed by atoms with Crippen LogP contribution in [0.3, 0.4) is 0 Å². The van der Waals surface area contributed by atoms with Crippen LogP contribution in [0.2, 0.25) is 0 Å². The molecule has 0 unspecified atom stereocenters. The normalized spacial score (nSPS) is 10.9. The van der Waals surface area contributed by atoms with Gasteiger partial charge in [0.15, 0.2) is 0 Å². The molecule has 0 aromatic heterocycles. The van der Waals surface area contributed by atoms with Gasteiger partial charge in [-0.3, -0.25) is 0 Å². The van der Waals surface area contributed by atoms with Crippen molar-refractivity contribution in [2.45, 2.75) is 0 Å². The first-order valence-electron chi connectivity index (χ1n) is 13.5. The standard InChI is InChI=1S/C40H30/c1-5-27-19-16-24-35(29(27)6-2)39-30(7-3)31(8-4)40(37-23-15-14-22-36(37)39)38-26-25-32(28-17-10-9-11-18-28)33-20-12-13-21-34(33)38/h5-26H,1-4H2. The molecule has 6 rings (SSSR count). The molecule has 0 nitrogen and oxygen atoms in total. The summed E-state index contributed by atoms with van der Waals surface area (Å²) in [5, 5.41) is 4.77. The molecule has 0 heteroatoms. The fourth-order valence-electron chi connectivity index (χ4n) is 6.08. The second-order valence-corrected chi connectivity index (χ2v) is 9.82. The lowest BCUT2D eigenvalue weighted by Gasteiger charge is -2.23. The van der Waals surface area contributed by atoms with Crippen molar-refractivity contribution in [1.82, 2.24) is 0 Å². The first-order chi connectivity index (χ1) is 19.7. The van der Waals surface area contributed by atoms with Crippen LogP contribution in [-0.2, 0) is 0 Å². The third-order valence-corrected chi connectivity index (χ3v) is 7.81. The average Bonchev–Trinajstić information content (AvgIpc) is 3.03. The van der Waals surface area contributed by atoms with Gasteiger partial charge >= 0.3 is 0 Å². The highest BCUT2D eigenvalue weighted by molar-refractivity contribution is 6.16. The highest BCUT2D eigenvalue weighted by Gasteiger charge is 2.22. The van der Waals surface area contributed by atoms with Crippen molar-refractivity contribution in [2.24, 2.45) is 0 Å². The minimum absolute atomic E-state index is 1.05. The zero-order valence-corrected chi connectivity index (χ0v) is 22.5. The molecule has 0 saturated heterocycles. The zero-order valence-electron chi connectivity index (χ0n) is 22.5. The molecule has 0 aliphatic heterocycles. The van der Waals surface area contributed by atoms with Crippen LogP contribution in [-0.4, -0.2) is 0 Å². The maximum absolute atomic E-state index is 4.30. The maximum Gasteiger partial charge on any atom is -0.00203 e. The van der Waals surface area contributed by atoms with Crippen molar-refractivity contribution >= 4 is 45.8 Å². The molecule has 6 aromatic rings. The fourth-order valence-corrected chi connectivity index (χ4v) is 6.08. The predicted molar refractivity (Wildman–Crippen MR) is 178 cm³/mol. The smallest absolute Gasteiger partial charge is 0.00203 e. The van der Waals surface area contributed by atoms with E-state index in [4.69, 9.17) is 0 Å². The van der Waals surface area contributed by atoms with E-state index in [1.807, 2.05) is 24.3 Å². The summed E-state index contributed by atoms with van der Waals surface area (Å²) in [5.41, 5.74) is 11.3. The van der Waals surface area contributed by atoms with Crippen LogP contribution in [0.1, 0.15) is 22.3 Å². The minimum atomic E-state index is 1.05. The molecule has 0 spiro atoms. The third kappa shape index (κ3) is 3.94. The van der Waals surface area contributed by atoms with Crippen molar-refractivity contribution in [3.8, 4) is 33.4 Å². The molecule has 6 aromatic carbocycles. The van der Waals surface area contributed by atoms with Gasteiger partial charge in [0, 0.05) is 0 Å². The summed E-state index contributed by atoms with van der Waals surface area (Å²) >= 11 is 0. The fraction of sp³-hybridized carbons (Fsp3) is 0. The van der Waals surface area contributed by atoms with E-state index in [-0.39, 0.29) is 0 Å². The van der Waals surface area contributed by atoms with Crippen molar-refractivity contribution in [1.29, 1.82) is 0 Å². The van der Waals surface area contributed by atoms with E-state index in [2.05, 4.69) is 136 Å².